The molecule has 0 amide bonds. The third-order valence-corrected chi connectivity index (χ3v) is 5.03. The maximum absolute atomic E-state index is 6.32. The first kappa shape index (κ1) is 13.8. The number of benzene rings is 2. The van der Waals surface area contributed by atoms with Gasteiger partial charge in [-0.15, -0.1) is 11.8 Å². The van der Waals surface area contributed by atoms with Crippen LogP contribution in [0.4, 0.5) is 0 Å². The Labute approximate surface area is 128 Å². The lowest BCUT2D eigenvalue weighted by atomic mass is 10.0. The summed E-state index contributed by atoms with van der Waals surface area (Å²) in [6, 6.07) is 14.0. The third-order valence-electron chi connectivity index (χ3n) is 3.40. The number of ether oxygens (including phenoxy) is 1. The molecule has 3 rings (SSSR count). The van der Waals surface area contributed by atoms with Gasteiger partial charge >= 0.3 is 0 Å². The molecule has 0 saturated heterocycles. The van der Waals surface area contributed by atoms with Crippen molar-refractivity contribution >= 4 is 23.4 Å². The summed E-state index contributed by atoms with van der Waals surface area (Å²) in [5.41, 5.74) is 8.68. The molecule has 4 heteroatoms. The van der Waals surface area contributed by atoms with Gasteiger partial charge in [0.25, 0.3) is 0 Å². The molecule has 0 aromatic heterocycles. The summed E-state index contributed by atoms with van der Waals surface area (Å²) in [7, 11) is 0. The molecule has 1 atom stereocenters. The Morgan fingerprint density at radius 3 is 2.90 bits per heavy atom. The molecule has 2 aromatic carbocycles. The summed E-state index contributed by atoms with van der Waals surface area (Å²) in [6.07, 6.45) is 0.980. The molecule has 2 nitrogen and oxygen atoms in total. The van der Waals surface area contributed by atoms with Crippen molar-refractivity contribution in [1.82, 2.24) is 0 Å². The highest BCUT2D eigenvalue weighted by Gasteiger charge is 2.20. The van der Waals surface area contributed by atoms with Crippen LogP contribution >= 0.6 is 23.4 Å². The summed E-state index contributed by atoms with van der Waals surface area (Å²) >= 11 is 7.84. The summed E-state index contributed by atoms with van der Waals surface area (Å²) in [6.45, 7) is 0.761. The van der Waals surface area contributed by atoms with E-state index in [1.807, 2.05) is 24.3 Å². The standard InChI is InChI=1S/C16H16ClNOS/c17-13-6-1-2-7-15(13)20-10-14(18)12-5-3-4-11-8-9-19-16(11)12/h1-7,14H,8-10,18H2. The van der Waals surface area contributed by atoms with E-state index in [0.29, 0.717) is 0 Å². The molecular weight excluding hydrogens is 290 g/mol. The summed E-state index contributed by atoms with van der Waals surface area (Å²) in [5.74, 6) is 1.77. The van der Waals surface area contributed by atoms with Crippen LogP contribution in [0.15, 0.2) is 47.4 Å². The minimum Gasteiger partial charge on any atom is -0.493 e. The van der Waals surface area contributed by atoms with Crippen LogP contribution in [-0.2, 0) is 6.42 Å². The monoisotopic (exact) mass is 305 g/mol. The summed E-state index contributed by atoms with van der Waals surface area (Å²) in [5, 5.41) is 0.777. The van der Waals surface area contributed by atoms with E-state index in [1.165, 1.54) is 5.56 Å². The maximum Gasteiger partial charge on any atom is 0.127 e. The van der Waals surface area contributed by atoms with Gasteiger partial charge in [0.1, 0.15) is 5.75 Å². The van der Waals surface area contributed by atoms with Crippen LogP contribution in [0.5, 0.6) is 5.75 Å². The summed E-state index contributed by atoms with van der Waals surface area (Å²) in [4.78, 5) is 1.07. The maximum atomic E-state index is 6.32. The lowest BCUT2D eigenvalue weighted by molar-refractivity contribution is 0.352. The van der Waals surface area contributed by atoms with Crippen molar-refractivity contribution in [1.29, 1.82) is 0 Å². The number of para-hydroxylation sites is 1. The minimum absolute atomic E-state index is 0.0516. The molecular formula is C16H16ClNOS. The zero-order valence-electron chi connectivity index (χ0n) is 11.0. The Balaban J connectivity index is 1.73. The molecule has 0 bridgehead atoms. The zero-order chi connectivity index (χ0) is 13.9. The Bertz CT molecular complexity index is 617. The molecule has 104 valence electrons. The molecule has 0 radical (unpaired) electrons. The fourth-order valence-electron chi connectivity index (χ4n) is 2.36. The van der Waals surface area contributed by atoms with Crippen LogP contribution in [0.25, 0.3) is 0 Å². The van der Waals surface area contributed by atoms with E-state index in [0.717, 1.165) is 40.0 Å². The van der Waals surface area contributed by atoms with Crippen LogP contribution in [0, 0.1) is 0 Å². The number of rotatable bonds is 4. The van der Waals surface area contributed by atoms with Crippen molar-refractivity contribution in [2.75, 3.05) is 12.4 Å². The largest absolute Gasteiger partial charge is 0.493 e. The smallest absolute Gasteiger partial charge is 0.127 e. The highest BCUT2D eigenvalue weighted by atomic mass is 35.5. The van der Waals surface area contributed by atoms with E-state index >= 15 is 0 Å². The lowest BCUT2D eigenvalue weighted by Gasteiger charge is -2.15. The zero-order valence-corrected chi connectivity index (χ0v) is 12.6. The van der Waals surface area contributed by atoms with Crippen molar-refractivity contribution < 1.29 is 4.74 Å². The molecule has 0 saturated carbocycles. The van der Waals surface area contributed by atoms with Crippen LogP contribution in [0.3, 0.4) is 0 Å². The van der Waals surface area contributed by atoms with Crippen LogP contribution in [0.1, 0.15) is 17.2 Å². The second-order valence-corrected chi connectivity index (χ2v) is 6.25. The SMILES string of the molecule is NC(CSc1ccccc1Cl)c1cccc2c1OCC2. The van der Waals surface area contributed by atoms with Crippen LogP contribution in [0.2, 0.25) is 5.02 Å². The van der Waals surface area contributed by atoms with Gasteiger partial charge in [0.15, 0.2) is 0 Å². The predicted octanol–water partition coefficient (Wildman–Crippen LogP) is 4.07. The van der Waals surface area contributed by atoms with E-state index < -0.39 is 0 Å². The Kier molecular flexibility index (Phi) is 4.20. The molecule has 0 aliphatic carbocycles. The molecule has 20 heavy (non-hydrogen) atoms. The summed E-state index contributed by atoms with van der Waals surface area (Å²) < 4.78 is 5.71. The van der Waals surface area contributed by atoms with Crippen LogP contribution < -0.4 is 10.5 Å². The van der Waals surface area contributed by atoms with E-state index in [4.69, 9.17) is 22.1 Å². The van der Waals surface area contributed by atoms with Crippen molar-refractivity contribution in [3.8, 4) is 5.75 Å². The molecule has 1 heterocycles. The fourth-order valence-corrected chi connectivity index (χ4v) is 3.58. The van der Waals surface area contributed by atoms with Gasteiger partial charge in [0, 0.05) is 28.7 Å². The lowest BCUT2D eigenvalue weighted by Crippen LogP contribution is -2.14. The number of nitrogens with two attached hydrogens (primary N) is 1. The van der Waals surface area contributed by atoms with Gasteiger partial charge in [-0.05, 0) is 17.7 Å². The normalized spacial score (nSPS) is 14.7. The number of hydrogen-bond acceptors (Lipinski definition) is 3. The first-order valence-electron chi connectivity index (χ1n) is 6.63. The number of halogens is 1. The Hall–Kier alpha value is -1.16. The molecule has 2 aromatic rings. The molecule has 1 aliphatic heterocycles. The van der Waals surface area contributed by atoms with Gasteiger partial charge in [-0.3, -0.25) is 0 Å². The van der Waals surface area contributed by atoms with Gasteiger partial charge in [-0.2, -0.15) is 0 Å². The predicted molar refractivity (Wildman–Crippen MR) is 84.7 cm³/mol. The van der Waals surface area contributed by atoms with E-state index in [2.05, 4.69) is 18.2 Å². The van der Waals surface area contributed by atoms with Gasteiger partial charge < -0.3 is 10.5 Å². The Morgan fingerprint density at radius 2 is 2.05 bits per heavy atom. The second-order valence-electron chi connectivity index (χ2n) is 4.78. The third kappa shape index (κ3) is 2.80. The van der Waals surface area contributed by atoms with E-state index in [-0.39, 0.29) is 6.04 Å². The van der Waals surface area contributed by atoms with Crippen LogP contribution in [-0.4, -0.2) is 12.4 Å². The van der Waals surface area contributed by atoms with Crippen molar-refractivity contribution in [2.45, 2.75) is 17.4 Å². The fraction of sp³-hybridized carbons (Fsp3) is 0.250. The topological polar surface area (TPSA) is 35.2 Å². The first-order valence-corrected chi connectivity index (χ1v) is 7.99. The number of thioether (sulfide) groups is 1. The average molecular weight is 306 g/mol. The van der Waals surface area contributed by atoms with Crippen molar-refractivity contribution in [2.24, 2.45) is 5.73 Å². The highest BCUT2D eigenvalue weighted by Crippen LogP contribution is 2.35. The van der Waals surface area contributed by atoms with Gasteiger partial charge in [-0.25, -0.2) is 0 Å². The molecule has 1 unspecified atom stereocenters. The molecule has 2 N–H and O–H groups in total. The quantitative estimate of drug-likeness (QED) is 0.865. The molecule has 1 aliphatic rings. The van der Waals surface area contributed by atoms with Gasteiger partial charge in [-0.1, -0.05) is 41.9 Å². The molecule has 0 spiro atoms. The van der Waals surface area contributed by atoms with Crippen molar-refractivity contribution in [3.63, 3.8) is 0 Å². The van der Waals surface area contributed by atoms with E-state index in [1.54, 1.807) is 11.8 Å². The van der Waals surface area contributed by atoms with E-state index in [9.17, 15) is 0 Å². The van der Waals surface area contributed by atoms with Crippen molar-refractivity contribution in [3.05, 3.63) is 58.6 Å². The minimum atomic E-state index is -0.0516. The molecule has 0 fully saturated rings. The Morgan fingerprint density at radius 1 is 1.20 bits per heavy atom. The average Bonchev–Trinajstić information content (AvgIpc) is 2.94. The second kappa shape index (κ2) is 6.08. The number of hydrogen-bond donors (Lipinski definition) is 1. The van der Waals surface area contributed by atoms with Gasteiger partial charge in [0.05, 0.1) is 11.6 Å². The first-order chi connectivity index (χ1) is 9.75. The van der Waals surface area contributed by atoms with Gasteiger partial charge in [0.2, 0.25) is 0 Å². The highest BCUT2D eigenvalue weighted by molar-refractivity contribution is 7.99. The number of fused-ring (bicyclic) bond motifs is 1.